The maximum atomic E-state index is 11.6. The first-order valence-corrected chi connectivity index (χ1v) is 6.91. The number of hydrogen-bond acceptors (Lipinski definition) is 3. The molecule has 1 aromatic heterocycles. The normalized spacial score (nSPS) is 11.9. The summed E-state index contributed by atoms with van der Waals surface area (Å²) in [5.41, 5.74) is 0.832. The highest BCUT2D eigenvalue weighted by atomic mass is 32.1. The van der Waals surface area contributed by atoms with Crippen molar-refractivity contribution >= 4 is 17.2 Å². The van der Waals surface area contributed by atoms with Crippen LogP contribution >= 0.6 is 11.3 Å². The summed E-state index contributed by atoms with van der Waals surface area (Å²) in [4.78, 5) is 16.2. The summed E-state index contributed by atoms with van der Waals surface area (Å²) in [7, 11) is 0. The van der Waals surface area contributed by atoms with Crippen LogP contribution in [0.15, 0.2) is 5.38 Å². The second-order valence-electron chi connectivity index (χ2n) is 5.58. The Hall–Kier alpha value is -0.900. The third-order valence-corrected chi connectivity index (χ3v) is 3.39. The van der Waals surface area contributed by atoms with Gasteiger partial charge in [-0.05, 0) is 5.92 Å². The zero-order chi connectivity index (χ0) is 13.1. The largest absolute Gasteiger partial charge is 0.355 e. The number of thiazole rings is 1. The van der Waals surface area contributed by atoms with E-state index in [-0.39, 0.29) is 11.3 Å². The average molecular weight is 254 g/mol. The first-order valence-electron chi connectivity index (χ1n) is 6.03. The first kappa shape index (κ1) is 14.2. The van der Waals surface area contributed by atoms with Gasteiger partial charge in [-0.15, -0.1) is 11.3 Å². The summed E-state index contributed by atoms with van der Waals surface area (Å²) >= 11 is 1.67. The second kappa shape index (κ2) is 5.63. The van der Waals surface area contributed by atoms with Crippen LogP contribution in [0, 0.1) is 5.41 Å². The molecule has 0 fully saturated rings. The smallest absolute Gasteiger partial charge is 0.225 e. The summed E-state index contributed by atoms with van der Waals surface area (Å²) < 4.78 is 0. The summed E-state index contributed by atoms with van der Waals surface area (Å²) in [5.74, 6) is 0.572. The molecular weight excluding hydrogens is 232 g/mol. The van der Waals surface area contributed by atoms with Gasteiger partial charge in [0, 0.05) is 23.8 Å². The highest BCUT2D eigenvalue weighted by Gasteiger charge is 2.20. The number of aromatic nitrogens is 1. The average Bonchev–Trinajstić information content (AvgIpc) is 2.64. The number of hydrogen-bond donors (Lipinski definition) is 1. The van der Waals surface area contributed by atoms with Gasteiger partial charge < -0.3 is 5.32 Å². The van der Waals surface area contributed by atoms with E-state index in [1.165, 1.54) is 0 Å². The number of nitrogens with zero attached hydrogens (tertiary/aromatic N) is 1. The van der Waals surface area contributed by atoms with E-state index in [0.29, 0.717) is 12.5 Å². The molecule has 0 bridgehead atoms. The fourth-order valence-corrected chi connectivity index (χ4v) is 2.21. The zero-order valence-electron chi connectivity index (χ0n) is 11.3. The minimum absolute atomic E-state index is 0.0955. The highest BCUT2D eigenvalue weighted by molar-refractivity contribution is 7.09. The Morgan fingerprint density at radius 1 is 1.47 bits per heavy atom. The predicted molar refractivity (Wildman–Crippen MR) is 72.4 cm³/mol. The van der Waals surface area contributed by atoms with Crippen molar-refractivity contribution in [2.24, 2.45) is 5.41 Å². The van der Waals surface area contributed by atoms with E-state index in [1.54, 1.807) is 11.3 Å². The van der Waals surface area contributed by atoms with Crippen molar-refractivity contribution < 1.29 is 4.79 Å². The molecule has 1 aromatic rings. The van der Waals surface area contributed by atoms with Crippen molar-refractivity contribution in [1.82, 2.24) is 10.3 Å². The molecule has 0 aromatic carbocycles. The second-order valence-corrected chi connectivity index (χ2v) is 6.52. The quantitative estimate of drug-likeness (QED) is 0.897. The number of rotatable bonds is 4. The van der Waals surface area contributed by atoms with Crippen LogP contribution in [0.1, 0.15) is 51.2 Å². The lowest BCUT2D eigenvalue weighted by molar-refractivity contribution is -0.128. The summed E-state index contributed by atoms with van der Waals surface area (Å²) in [6, 6.07) is 0. The SMILES string of the molecule is CC(C)c1csc(CCNC(=O)C(C)(C)C)n1. The molecule has 0 aliphatic carbocycles. The van der Waals surface area contributed by atoms with Gasteiger partial charge in [-0.25, -0.2) is 4.98 Å². The Balaban J connectivity index is 2.38. The van der Waals surface area contributed by atoms with Crippen molar-refractivity contribution in [2.75, 3.05) is 6.54 Å². The first-order chi connectivity index (χ1) is 7.80. The van der Waals surface area contributed by atoms with Crippen LogP contribution in [0.5, 0.6) is 0 Å². The van der Waals surface area contributed by atoms with Gasteiger partial charge in [0.05, 0.1) is 10.7 Å². The van der Waals surface area contributed by atoms with Gasteiger partial charge in [0.2, 0.25) is 5.91 Å². The van der Waals surface area contributed by atoms with E-state index >= 15 is 0 Å². The molecule has 0 radical (unpaired) electrons. The molecule has 0 spiro atoms. The van der Waals surface area contributed by atoms with E-state index in [0.717, 1.165) is 17.1 Å². The Kier molecular flexibility index (Phi) is 4.69. The molecular formula is C13H22N2OS. The van der Waals surface area contributed by atoms with E-state index in [4.69, 9.17) is 0 Å². The lowest BCUT2D eigenvalue weighted by atomic mass is 9.96. The van der Waals surface area contributed by atoms with Crippen LogP contribution in [-0.2, 0) is 11.2 Å². The number of carbonyl (C=O) groups excluding carboxylic acids is 1. The van der Waals surface area contributed by atoms with Crippen molar-refractivity contribution in [3.05, 3.63) is 16.1 Å². The van der Waals surface area contributed by atoms with Crippen LogP contribution < -0.4 is 5.32 Å². The molecule has 1 rings (SSSR count). The number of carbonyl (C=O) groups is 1. The van der Waals surface area contributed by atoms with Crippen LogP contribution in [-0.4, -0.2) is 17.4 Å². The fraction of sp³-hybridized carbons (Fsp3) is 0.692. The third kappa shape index (κ3) is 4.46. The van der Waals surface area contributed by atoms with E-state index < -0.39 is 0 Å². The molecule has 0 aliphatic heterocycles. The number of nitrogens with one attached hydrogen (secondary N) is 1. The van der Waals surface area contributed by atoms with Gasteiger partial charge in [0.25, 0.3) is 0 Å². The van der Waals surface area contributed by atoms with Gasteiger partial charge in [-0.1, -0.05) is 34.6 Å². The molecule has 96 valence electrons. The molecule has 0 unspecified atom stereocenters. The van der Waals surface area contributed by atoms with Crippen molar-refractivity contribution in [3.63, 3.8) is 0 Å². The highest BCUT2D eigenvalue weighted by Crippen LogP contribution is 2.18. The number of amides is 1. The lowest BCUT2D eigenvalue weighted by Crippen LogP contribution is -2.35. The van der Waals surface area contributed by atoms with Crippen molar-refractivity contribution in [2.45, 2.75) is 47.0 Å². The molecule has 1 heterocycles. The minimum atomic E-state index is -0.314. The van der Waals surface area contributed by atoms with Gasteiger partial charge in [0.1, 0.15) is 0 Å². The van der Waals surface area contributed by atoms with E-state index in [9.17, 15) is 4.79 Å². The molecule has 1 amide bonds. The van der Waals surface area contributed by atoms with Gasteiger partial charge in [0.15, 0.2) is 0 Å². The van der Waals surface area contributed by atoms with Crippen LogP contribution in [0.4, 0.5) is 0 Å². The lowest BCUT2D eigenvalue weighted by Gasteiger charge is -2.17. The maximum absolute atomic E-state index is 11.6. The molecule has 0 atom stereocenters. The monoisotopic (exact) mass is 254 g/mol. The Morgan fingerprint density at radius 3 is 2.59 bits per heavy atom. The van der Waals surface area contributed by atoms with Crippen LogP contribution in [0.25, 0.3) is 0 Å². The summed E-state index contributed by atoms with van der Waals surface area (Å²) in [5, 5.41) is 6.14. The van der Waals surface area contributed by atoms with Gasteiger partial charge in [-0.2, -0.15) is 0 Å². The van der Waals surface area contributed by atoms with Crippen molar-refractivity contribution in [3.8, 4) is 0 Å². The third-order valence-electron chi connectivity index (χ3n) is 2.47. The molecule has 0 saturated heterocycles. The molecule has 4 heteroatoms. The topological polar surface area (TPSA) is 42.0 Å². The minimum Gasteiger partial charge on any atom is -0.355 e. The molecule has 0 saturated carbocycles. The predicted octanol–water partition coefficient (Wildman–Crippen LogP) is 2.97. The Bertz CT molecular complexity index is 377. The fourth-order valence-electron chi connectivity index (χ4n) is 1.25. The molecule has 0 aliphatic rings. The van der Waals surface area contributed by atoms with E-state index in [1.807, 2.05) is 20.8 Å². The zero-order valence-corrected chi connectivity index (χ0v) is 12.1. The van der Waals surface area contributed by atoms with Crippen LogP contribution in [0.2, 0.25) is 0 Å². The van der Waals surface area contributed by atoms with Gasteiger partial charge >= 0.3 is 0 Å². The Labute approximate surface area is 108 Å². The standard InChI is InChI=1S/C13H22N2OS/c1-9(2)10-8-17-11(15-10)6-7-14-12(16)13(3,4)5/h8-9H,6-7H2,1-5H3,(H,14,16). The summed E-state index contributed by atoms with van der Waals surface area (Å²) in [6.07, 6.45) is 0.819. The van der Waals surface area contributed by atoms with E-state index in [2.05, 4.69) is 29.5 Å². The summed E-state index contributed by atoms with van der Waals surface area (Å²) in [6.45, 7) is 10.7. The van der Waals surface area contributed by atoms with Crippen molar-refractivity contribution in [1.29, 1.82) is 0 Å². The molecule has 3 nitrogen and oxygen atoms in total. The van der Waals surface area contributed by atoms with Gasteiger partial charge in [-0.3, -0.25) is 4.79 Å². The van der Waals surface area contributed by atoms with Crippen LogP contribution in [0.3, 0.4) is 0 Å². The maximum Gasteiger partial charge on any atom is 0.225 e. The Morgan fingerprint density at radius 2 is 2.12 bits per heavy atom. The molecule has 1 N–H and O–H groups in total. The molecule has 17 heavy (non-hydrogen) atoms.